The Kier molecular flexibility index (Phi) is 4.04. The molecule has 2 unspecified atom stereocenters. The average Bonchev–Trinajstić information content (AvgIpc) is 2.91. The van der Waals surface area contributed by atoms with Crippen LogP contribution in [-0.2, 0) is 0 Å². The summed E-state index contributed by atoms with van der Waals surface area (Å²) in [6.45, 7) is 6.98. The number of hydrogen-bond acceptors (Lipinski definition) is 3. The van der Waals surface area contributed by atoms with E-state index in [9.17, 15) is 0 Å². The first kappa shape index (κ1) is 14.7. The van der Waals surface area contributed by atoms with Gasteiger partial charge in [-0.05, 0) is 44.4 Å². The third-order valence-corrected chi connectivity index (χ3v) is 5.33. The highest BCUT2D eigenvalue weighted by Gasteiger charge is 2.27. The molecular formula is C20H25N3. The minimum absolute atomic E-state index is 0.678. The highest BCUT2D eigenvalue weighted by molar-refractivity contribution is 5.67. The van der Waals surface area contributed by atoms with Gasteiger partial charge in [0.25, 0.3) is 0 Å². The summed E-state index contributed by atoms with van der Waals surface area (Å²) in [6.07, 6.45) is 7.95. The zero-order valence-corrected chi connectivity index (χ0v) is 13.9. The summed E-state index contributed by atoms with van der Waals surface area (Å²) in [7, 11) is 0. The van der Waals surface area contributed by atoms with Gasteiger partial charge in [-0.15, -0.1) is 0 Å². The fraction of sp³-hybridized carbons (Fsp3) is 0.450. The highest BCUT2D eigenvalue weighted by atomic mass is 15.2. The average molecular weight is 307 g/mol. The van der Waals surface area contributed by atoms with Crippen molar-refractivity contribution < 1.29 is 0 Å². The van der Waals surface area contributed by atoms with Crippen LogP contribution in [0.4, 0.5) is 5.69 Å². The normalized spacial score (nSPS) is 24.3. The minimum Gasteiger partial charge on any atom is -0.366 e. The molecule has 0 saturated carbocycles. The molecule has 0 radical (unpaired) electrons. The molecule has 0 aliphatic carbocycles. The molecule has 120 valence electrons. The van der Waals surface area contributed by atoms with Crippen LogP contribution in [0.25, 0.3) is 11.1 Å². The molecule has 0 amide bonds. The maximum absolute atomic E-state index is 4.54. The number of anilines is 1. The fourth-order valence-electron chi connectivity index (χ4n) is 3.93. The second-order valence-corrected chi connectivity index (χ2v) is 6.92. The zero-order chi connectivity index (χ0) is 15.6. The van der Waals surface area contributed by atoms with Gasteiger partial charge < -0.3 is 9.80 Å². The first-order valence-corrected chi connectivity index (χ1v) is 8.81. The molecule has 3 heterocycles. The summed E-state index contributed by atoms with van der Waals surface area (Å²) in [4.78, 5) is 9.76. The van der Waals surface area contributed by atoms with Crippen molar-refractivity contribution in [2.24, 2.45) is 0 Å². The van der Waals surface area contributed by atoms with E-state index >= 15 is 0 Å². The maximum atomic E-state index is 4.54. The van der Waals surface area contributed by atoms with E-state index in [1.165, 1.54) is 61.3 Å². The van der Waals surface area contributed by atoms with Crippen LogP contribution in [0.15, 0.2) is 42.7 Å². The lowest BCUT2D eigenvalue weighted by Gasteiger charge is -2.33. The SMILES string of the molecule is Cc1ccc(-c2cncc(N3CCN4CCCC3CC4)c2)cc1. The lowest BCUT2D eigenvalue weighted by atomic mass is 10.0. The third-order valence-electron chi connectivity index (χ3n) is 5.33. The summed E-state index contributed by atoms with van der Waals surface area (Å²) < 4.78 is 0. The number of rotatable bonds is 2. The number of fused-ring (bicyclic) bond motifs is 3. The predicted molar refractivity (Wildman–Crippen MR) is 95.8 cm³/mol. The van der Waals surface area contributed by atoms with Crippen LogP contribution in [-0.4, -0.2) is 42.1 Å². The summed E-state index contributed by atoms with van der Waals surface area (Å²) in [5, 5.41) is 0. The topological polar surface area (TPSA) is 19.4 Å². The second-order valence-electron chi connectivity index (χ2n) is 6.92. The first-order valence-electron chi connectivity index (χ1n) is 8.81. The van der Waals surface area contributed by atoms with Crippen molar-refractivity contribution in [2.45, 2.75) is 32.2 Å². The number of aromatic nitrogens is 1. The molecule has 2 fully saturated rings. The maximum Gasteiger partial charge on any atom is 0.0561 e. The molecule has 23 heavy (non-hydrogen) atoms. The Morgan fingerprint density at radius 1 is 0.913 bits per heavy atom. The summed E-state index contributed by atoms with van der Waals surface area (Å²) in [5.41, 5.74) is 5.06. The number of benzene rings is 1. The van der Waals surface area contributed by atoms with Gasteiger partial charge in [-0.2, -0.15) is 0 Å². The number of pyridine rings is 1. The summed E-state index contributed by atoms with van der Waals surface area (Å²) in [5.74, 6) is 0. The van der Waals surface area contributed by atoms with E-state index in [1.54, 1.807) is 0 Å². The number of nitrogens with zero attached hydrogens (tertiary/aromatic N) is 3. The molecule has 1 aromatic heterocycles. The molecule has 2 atom stereocenters. The molecule has 4 rings (SSSR count). The number of aryl methyl sites for hydroxylation is 1. The molecule has 2 bridgehead atoms. The Balaban J connectivity index is 1.64. The Labute approximate surface area is 139 Å². The Bertz CT molecular complexity index is 665. The van der Waals surface area contributed by atoms with Crippen molar-refractivity contribution >= 4 is 5.69 Å². The van der Waals surface area contributed by atoms with Crippen LogP contribution in [0.5, 0.6) is 0 Å². The van der Waals surface area contributed by atoms with E-state index in [1.807, 2.05) is 12.4 Å². The van der Waals surface area contributed by atoms with E-state index < -0.39 is 0 Å². The monoisotopic (exact) mass is 307 g/mol. The van der Waals surface area contributed by atoms with E-state index in [4.69, 9.17) is 0 Å². The van der Waals surface area contributed by atoms with Gasteiger partial charge in [0.1, 0.15) is 0 Å². The van der Waals surface area contributed by atoms with Gasteiger partial charge >= 0.3 is 0 Å². The highest BCUT2D eigenvalue weighted by Crippen LogP contribution is 2.29. The van der Waals surface area contributed by atoms with Crippen molar-refractivity contribution in [1.82, 2.24) is 9.88 Å². The van der Waals surface area contributed by atoms with E-state index in [0.29, 0.717) is 6.04 Å². The van der Waals surface area contributed by atoms with Gasteiger partial charge in [-0.25, -0.2) is 0 Å². The molecular weight excluding hydrogens is 282 g/mol. The van der Waals surface area contributed by atoms with Crippen molar-refractivity contribution in [3.05, 3.63) is 48.3 Å². The number of hydrogen-bond donors (Lipinski definition) is 0. The van der Waals surface area contributed by atoms with Crippen LogP contribution < -0.4 is 4.90 Å². The molecule has 3 heteroatoms. The second kappa shape index (κ2) is 6.32. The van der Waals surface area contributed by atoms with Crippen molar-refractivity contribution in [2.75, 3.05) is 31.1 Å². The predicted octanol–water partition coefficient (Wildman–Crippen LogP) is 3.73. The van der Waals surface area contributed by atoms with Crippen molar-refractivity contribution in [1.29, 1.82) is 0 Å². The Morgan fingerprint density at radius 3 is 2.65 bits per heavy atom. The van der Waals surface area contributed by atoms with Crippen molar-refractivity contribution in [3.63, 3.8) is 0 Å². The quantitative estimate of drug-likeness (QED) is 0.843. The molecule has 2 aliphatic heterocycles. The largest absolute Gasteiger partial charge is 0.366 e. The van der Waals surface area contributed by atoms with Gasteiger partial charge in [0.15, 0.2) is 0 Å². The van der Waals surface area contributed by atoms with Gasteiger partial charge in [-0.1, -0.05) is 29.8 Å². The molecule has 0 spiro atoms. The molecule has 3 nitrogen and oxygen atoms in total. The zero-order valence-electron chi connectivity index (χ0n) is 13.9. The Hall–Kier alpha value is -1.87. The van der Waals surface area contributed by atoms with Crippen LogP contribution in [0.3, 0.4) is 0 Å². The minimum atomic E-state index is 0.678. The lowest BCUT2D eigenvalue weighted by Crippen LogP contribution is -2.39. The molecule has 2 aliphatic rings. The van der Waals surface area contributed by atoms with E-state index in [0.717, 1.165) is 6.54 Å². The van der Waals surface area contributed by atoms with Crippen molar-refractivity contribution in [3.8, 4) is 11.1 Å². The van der Waals surface area contributed by atoms with Gasteiger partial charge in [-0.3, -0.25) is 4.98 Å². The smallest absolute Gasteiger partial charge is 0.0561 e. The molecule has 2 saturated heterocycles. The van der Waals surface area contributed by atoms with Gasteiger partial charge in [0.2, 0.25) is 0 Å². The van der Waals surface area contributed by atoms with E-state index in [-0.39, 0.29) is 0 Å². The molecule has 0 N–H and O–H groups in total. The Morgan fingerprint density at radius 2 is 1.78 bits per heavy atom. The third kappa shape index (κ3) is 3.11. The lowest BCUT2D eigenvalue weighted by molar-refractivity contribution is 0.298. The standard InChI is InChI=1S/C20H25N3/c1-16-4-6-17(7-5-16)18-13-20(15-21-14-18)23-12-11-22-9-2-3-19(23)8-10-22/h4-7,13-15,19H,2-3,8-12H2,1H3. The fourth-order valence-corrected chi connectivity index (χ4v) is 3.93. The van der Waals surface area contributed by atoms with Crippen LogP contribution in [0, 0.1) is 6.92 Å². The first-order chi connectivity index (χ1) is 11.3. The summed E-state index contributed by atoms with van der Waals surface area (Å²) >= 11 is 0. The van der Waals surface area contributed by atoms with Gasteiger partial charge in [0.05, 0.1) is 11.9 Å². The van der Waals surface area contributed by atoms with Crippen LogP contribution >= 0.6 is 0 Å². The molecule has 2 aromatic rings. The van der Waals surface area contributed by atoms with Crippen LogP contribution in [0.2, 0.25) is 0 Å². The van der Waals surface area contributed by atoms with E-state index in [2.05, 4.69) is 52.0 Å². The molecule has 1 aromatic carbocycles. The van der Waals surface area contributed by atoms with Crippen LogP contribution in [0.1, 0.15) is 24.8 Å². The van der Waals surface area contributed by atoms with Gasteiger partial charge in [0, 0.05) is 37.4 Å². The summed E-state index contributed by atoms with van der Waals surface area (Å²) in [6, 6.07) is 11.7.